The van der Waals surface area contributed by atoms with Crippen LogP contribution in [0, 0.1) is 22.5 Å². The number of anilines is 1. The minimum Gasteiger partial charge on any atom is -0.379 e. The molecule has 0 aliphatic heterocycles. The van der Waals surface area contributed by atoms with Crippen molar-refractivity contribution in [1.29, 1.82) is 0 Å². The Morgan fingerprint density at radius 2 is 2.19 bits per heavy atom. The molecule has 1 N–H and O–H groups in total. The average molecular weight is 220 g/mol. The van der Waals surface area contributed by atoms with Gasteiger partial charge in [0.05, 0.1) is 4.92 Å². The highest BCUT2D eigenvalue weighted by atomic mass is 16.6. The molecule has 1 aliphatic carbocycles. The molecule has 0 atom stereocenters. The Morgan fingerprint density at radius 3 is 2.75 bits per heavy atom. The summed E-state index contributed by atoms with van der Waals surface area (Å²) in [7, 11) is 0. The van der Waals surface area contributed by atoms with Gasteiger partial charge in [0.1, 0.15) is 5.69 Å². The zero-order valence-electron chi connectivity index (χ0n) is 9.62. The van der Waals surface area contributed by atoms with Crippen molar-refractivity contribution in [2.75, 3.05) is 11.9 Å². The summed E-state index contributed by atoms with van der Waals surface area (Å²) in [6.45, 7) is 4.87. The summed E-state index contributed by atoms with van der Waals surface area (Å²) in [5.74, 6) is 0. The molecule has 16 heavy (non-hydrogen) atoms. The van der Waals surface area contributed by atoms with Crippen molar-refractivity contribution in [2.45, 2.75) is 26.7 Å². The fourth-order valence-electron chi connectivity index (χ4n) is 1.64. The van der Waals surface area contributed by atoms with E-state index in [0.29, 0.717) is 11.1 Å². The molecule has 0 aromatic heterocycles. The van der Waals surface area contributed by atoms with Gasteiger partial charge < -0.3 is 5.32 Å². The first kappa shape index (κ1) is 10.9. The molecule has 4 nitrogen and oxygen atoms in total. The van der Waals surface area contributed by atoms with Crippen molar-refractivity contribution in [3.05, 3.63) is 33.9 Å². The summed E-state index contributed by atoms with van der Waals surface area (Å²) in [5, 5.41) is 14.1. The minimum absolute atomic E-state index is 0.171. The van der Waals surface area contributed by atoms with Crippen LogP contribution in [0.3, 0.4) is 0 Å². The lowest BCUT2D eigenvalue weighted by Gasteiger charge is -2.11. The second kappa shape index (κ2) is 3.77. The van der Waals surface area contributed by atoms with Crippen LogP contribution in [0.5, 0.6) is 0 Å². The van der Waals surface area contributed by atoms with E-state index in [1.54, 1.807) is 12.1 Å². The van der Waals surface area contributed by atoms with Gasteiger partial charge >= 0.3 is 0 Å². The molecule has 0 heterocycles. The summed E-state index contributed by atoms with van der Waals surface area (Å²) < 4.78 is 0. The number of hydrogen-bond donors (Lipinski definition) is 1. The van der Waals surface area contributed by atoms with Gasteiger partial charge in [-0.2, -0.15) is 0 Å². The smallest absolute Gasteiger partial charge is 0.292 e. The van der Waals surface area contributed by atoms with Crippen LogP contribution in [-0.2, 0) is 0 Å². The topological polar surface area (TPSA) is 55.2 Å². The summed E-state index contributed by atoms with van der Waals surface area (Å²) in [6.07, 6.45) is 2.42. The standard InChI is InChI=1S/C12H16N2O2/c1-9-3-4-10(11(7-9)14(15)16)13-8-12(2)5-6-12/h3-4,7,13H,5-6,8H2,1-2H3. The number of hydrogen-bond acceptors (Lipinski definition) is 3. The maximum Gasteiger partial charge on any atom is 0.292 e. The maximum absolute atomic E-state index is 10.9. The van der Waals surface area contributed by atoms with Crippen LogP contribution in [0.25, 0.3) is 0 Å². The molecular formula is C12H16N2O2. The molecule has 0 saturated heterocycles. The largest absolute Gasteiger partial charge is 0.379 e. The molecule has 0 amide bonds. The Morgan fingerprint density at radius 1 is 1.50 bits per heavy atom. The van der Waals surface area contributed by atoms with Crippen molar-refractivity contribution >= 4 is 11.4 Å². The third-order valence-electron chi connectivity index (χ3n) is 3.16. The van der Waals surface area contributed by atoms with Gasteiger partial charge in [-0.25, -0.2) is 0 Å². The minimum atomic E-state index is -0.329. The zero-order valence-corrected chi connectivity index (χ0v) is 9.62. The predicted molar refractivity (Wildman–Crippen MR) is 63.7 cm³/mol. The molecule has 0 radical (unpaired) electrons. The fourth-order valence-corrected chi connectivity index (χ4v) is 1.64. The van der Waals surface area contributed by atoms with Crippen LogP contribution in [0.2, 0.25) is 0 Å². The highest BCUT2D eigenvalue weighted by Gasteiger charge is 2.37. The van der Waals surface area contributed by atoms with E-state index in [1.165, 1.54) is 12.8 Å². The number of nitro groups is 1. The van der Waals surface area contributed by atoms with E-state index in [-0.39, 0.29) is 10.6 Å². The molecule has 1 aromatic rings. The molecule has 0 unspecified atom stereocenters. The lowest BCUT2D eigenvalue weighted by Crippen LogP contribution is -2.12. The predicted octanol–water partition coefficient (Wildman–Crippen LogP) is 3.12. The van der Waals surface area contributed by atoms with Crippen LogP contribution in [-0.4, -0.2) is 11.5 Å². The molecule has 1 saturated carbocycles. The summed E-state index contributed by atoms with van der Waals surface area (Å²) in [6, 6.07) is 5.29. The molecule has 0 spiro atoms. The van der Waals surface area contributed by atoms with Crippen LogP contribution >= 0.6 is 0 Å². The van der Waals surface area contributed by atoms with E-state index in [9.17, 15) is 10.1 Å². The Bertz CT molecular complexity index is 425. The molecule has 2 rings (SSSR count). The number of nitro benzene ring substituents is 1. The van der Waals surface area contributed by atoms with E-state index >= 15 is 0 Å². The number of nitrogens with zero attached hydrogens (tertiary/aromatic N) is 1. The zero-order chi connectivity index (χ0) is 11.8. The first-order valence-corrected chi connectivity index (χ1v) is 5.49. The third-order valence-corrected chi connectivity index (χ3v) is 3.16. The Balaban J connectivity index is 2.15. The molecule has 4 heteroatoms. The van der Waals surface area contributed by atoms with Gasteiger partial charge in [-0.3, -0.25) is 10.1 Å². The molecule has 1 aromatic carbocycles. The van der Waals surface area contributed by atoms with Gasteiger partial charge in [0.15, 0.2) is 0 Å². The van der Waals surface area contributed by atoms with Crippen LogP contribution in [0.15, 0.2) is 18.2 Å². The summed E-state index contributed by atoms with van der Waals surface area (Å²) >= 11 is 0. The van der Waals surface area contributed by atoms with Crippen LogP contribution in [0.1, 0.15) is 25.3 Å². The van der Waals surface area contributed by atoms with Gasteiger partial charge in [0.25, 0.3) is 5.69 Å². The second-order valence-electron chi connectivity index (χ2n) is 4.94. The first-order valence-electron chi connectivity index (χ1n) is 5.49. The number of rotatable bonds is 4. The lowest BCUT2D eigenvalue weighted by molar-refractivity contribution is -0.384. The van der Waals surface area contributed by atoms with Crippen molar-refractivity contribution < 1.29 is 4.92 Å². The summed E-state index contributed by atoms with van der Waals surface area (Å²) in [4.78, 5) is 10.6. The molecule has 1 fully saturated rings. The Hall–Kier alpha value is -1.58. The quantitative estimate of drug-likeness (QED) is 0.626. The molecule has 0 bridgehead atoms. The highest BCUT2D eigenvalue weighted by Crippen LogP contribution is 2.45. The molecular weight excluding hydrogens is 204 g/mol. The van der Waals surface area contributed by atoms with Gasteiger partial charge in [-0.1, -0.05) is 13.0 Å². The maximum atomic E-state index is 10.9. The van der Waals surface area contributed by atoms with Crippen molar-refractivity contribution in [2.24, 2.45) is 5.41 Å². The average Bonchev–Trinajstić information content (AvgIpc) is 2.95. The van der Waals surface area contributed by atoms with E-state index < -0.39 is 0 Å². The Kier molecular flexibility index (Phi) is 2.58. The van der Waals surface area contributed by atoms with E-state index in [0.717, 1.165) is 12.1 Å². The van der Waals surface area contributed by atoms with Crippen molar-refractivity contribution in [3.8, 4) is 0 Å². The Labute approximate surface area is 94.8 Å². The number of aryl methyl sites for hydroxylation is 1. The van der Waals surface area contributed by atoms with E-state index in [4.69, 9.17) is 0 Å². The van der Waals surface area contributed by atoms with Gasteiger partial charge in [0, 0.05) is 12.6 Å². The van der Waals surface area contributed by atoms with Gasteiger partial charge in [0.2, 0.25) is 0 Å². The van der Waals surface area contributed by atoms with Crippen molar-refractivity contribution in [1.82, 2.24) is 0 Å². The second-order valence-corrected chi connectivity index (χ2v) is 4.94. The van der Waals surface area contributed by atoms with Crippen molar-refractivity contribution in [3.63, 3.8) is 0 Å². The number of benzene rings is 1. The fraction of sp³-hybridized carbons (Fsp3) is 0.500. The molecule has 1 aliphatic rings. The summed E-state index contributed by atoms with van der Waals surface area (Å²) in [5.41, 5.74) is 2.06. The monoisotopic (exact) mass is 220 g/mol. The first-order chi connectivity index (χ1) is 7.50. The molecule has 86 valence electrons. The highest BCUT2D eigenvalue weighted by molar-refractivity contribution is 5.62. The number of nitrogens with one attached hydrogen (secondary N) is 1. The van der Waals surface area contributed by atoms with Gasteiger partial charge in [-0.05, 0) is 36.8 Å². The van der Waals surface area contributed by atoms with E-state index in [1.807, 2.05) is 13.0 Å². The van der Waals surface area contributed by atoms with Crippen LogP contribution < -0.4 is 5.32 Å². The van der Waals surface area contributed by atoms with E-state index in [2.05, 4.69) is 12.2 Å². The SMILES string of the molecule is Cc1ccc(NCC2(C)CC2)c([N+](=O)[O-])c1. The third kappa shape index (κ3) is 2.32. The lowest BCUT2D eigenvalue weighted by atomic mass is 10.1. The normalized spacial score (nSPS) is 16.9. The van der Waals surface area contributed by atoms with Gasteiger partial charge in [-0.15, -0.1) is 0 Å². The van der Waals surface area contributed by atoms with Crippen LogP contribution in [0.4, 0.5) is 11.4 Å².